The number of fused-ring (bicyclic) bond motifs is 2. The highest BCUT2D eigenvalue weighted by atomic mass is 31.2. The van der Waals surface area contributed by atoms with E-state index in [1.54, 1.807) is 6.42 Å². The standard InChI is InChI=1S/C32H54NO4P/c1-33(2)30-13-14-31(33)24-25(23-30)15-17-37-38(34,35)36-16-11-9-7-5-3-4-6-8-10-12-32-28-19-26-18-27(21-28)22-29(32)20-26/h12,15,26-31H,3-11,13-14,16-24H2,1-2H3/t26?,27?,28?,29?,30-,31+. The first kappa shape index (κ1) is 29.1. The molecule has 0 N–H and O–H groups in total. The molecule has 0 aromatic heterocycles. The minimum atomic E-state index is -4.20. The number of hydrogen-bond donors (Lipinski definition) is 0. The lowest BCUT2D eigenvalue weighted by Crippen LogP contribution is -2.52. The van der Waals surface area contributed by atoms with Gasteiger partial charge in [0.1, 0.15) is 0 Å². The lowest BCUT2D eigenvalue weighted by Gasteiger charge is -2.51. The first-order valence-electron chi connectivity index (χ1n) is 16.1. The Balaban J connectivity index is 0.842. The number of rotatable bonds is 15. The quantitative estimate of drug-likeness (QED) is 0.0912. The lowest BCUT2D eigenvalue weighted by atomic mass is 9.54. The Morgan fingerprint density at radius 1 is 0.789 bits per heavy atom. The molecule has 0 aromatic rings. The molecule has 216 valence electrons. The van der Waals surface area contributed by atoms with Gasteiger partial charge in [-0.15, -0.1) is 0 Å². The van der Waals surface area contributed by atoms with Gasteiger partial charge in [0.15, 0.2) is 0 Å². The van der Waals surface area contributed by atoms with Crippen LogP contribution in [0.1, 0.15) is 116 Å². The Bertz CT molecular complexity index is 848. The Hall–Kier alpha value is -0.450. The molecule has 6 fully saturated rings. The highest BCUT2D eigenvalue weighted by molar-refractivity contribution is 7.45. The number of piperidine rings is 1. The van der Waals surface area contributed by atoms with Gasteiger partial charge in [-0.05, 0) is 75.0 Å². The van der Waals surface area contributed by atoms with Crippen molar-refractivity contribution in [2.24, 2.45) is 23.7 Å². The third-order valence-electron chi connectivity index (χ3n) is 11.1. The van der Waals surface area contributed by atoms with Crippen LogP contribution in [0.2, 0.25) is 0 Å². The number of quaternary nitrogens is 1. The molecule has 3 atom stereocenters. The summed E-state index contributed by atoms with van der Waals surface area (Å²) in [6.45, 7) is 0.355. The van der Waals surface area contributed by atoms with Gasteiger partial charge in [-0.1, -0.05) is 61.8 Å². The first-order valence-corrected chi connectivity index (χ1v) is 17.6. The summed E-state index contributed by atoms with van der Waals surface area (Å²) in [7, 11) is 0.463. The van der Waals surface area contributed by atoms with Crippen molar-refractivity contribution in [3.05, 3.63) is 23.3 Å². The van der Waals surface area contributed by atoms with Gasteiger partial charge in [-0.3, -0.25) is 4.57 Å². The summed E-state index contributed by atoms with van der Waals surface area (Å²) >= 11 is 0. The van der Waals surface area contributed by atoms with Gasteiger partial charge < -0.3 is 18.4 Å². The fraction of sp³-hybridized carbons (Fsp3) is 0.875. The van der Waals surface area contributed by atoms with Crippen LogP contribution in [-0.2, 0) is 13.6 Å². The molecule has 0 spiro atoms. The van der Waals surface area contributed by atoms with Crippen molar-refractivity contribution >= 4 is 7.82 Å². The van der Waals surface area contributed by atoms with Crippen molar-refractivity contribution in [1.82, 2.24) is 0 Å². The highest BCUT2D eigenvalue weighted by Crippen LogP contribution is 2.56. The SMILES string of the molecule is C[N+]1(C)[C@@H]2CC[C@H]1CC(=CCOP(=O)([O-])OCCCCCCCCCCC=C1C3CC4CC(C3)CC1C4)C2. The molecule has 0 radical (unpaired) electrons. The van der Waals surface area contributed by atoms with Gasteiger partial charge in [-0.2, -0.15) is 0 Å². The molecule has 38 heavy (non-hydrogen) atoms. The number of unbranched alkanes of at least 4 members (excludes halogenated alkanes) is 8. The zero-order valence-electron chi connectivity index (χ0n) is 24.3. The van der Waals surface area contributed by atoms with Gasteiger partial charge in [0.05, 0.1) is 39.4 Å². The number of allylic oxidation sites excluding steroid dienone is 2. The van der Waals surface area contributed by atoms with Gasteiger partial charge in [0.2, 0.25) is 0 Å². The Labute approximate surface area is 232 Å². The summed E-state index contributed by atoms with van der Waals surface area (Å²) in [6.07, 6.45) is 27.7. The van der Waals surface area contributed by atoms with Crippen molar-refractivity contribution in [1.29, 1.82) is 0 Å². The maximum Gasteiger partial charge on any atom is 0.268 e. The van der Waals surface area contributed by atoms with E-state index in [2.05, 4.69) is 20.2 Å². The fourth-order valence-electron chi connectivity index (χ4n) is 8.98. The molecule has 2 saturated heterocycles. The first-order chi connectivity index (χ1) is 18.3. The van der Waals surface area contributed by atoms with E-state index in [9.17, 15) is 9.46 Å². The van der Waals surface area contributed by atoms with Crippen LogP contribution in [0.3, 0.4) is 0 Å². The lowest BCUT2D eigenvalue weighted by molar-refractivity contribution is -0.928. The van der Waals surface area contributed by atoms with Gasteiger partial charge in [-0.25, -0.2) is 0 Å². The molecule has 4 saturated carbocycles. The fourth-order valence-corrected chi connectivity index (χ4v) is 9.66. The van der Waals surface area contributed by atoms with E-state index >= 15 is 0 Å². The molecule has 2 heterocycles. The second-order valence-electron chi connectivity index (χ2n) is 14.0. The van der Waals surface area contributed by atoms with E-state index < -0.39 is 7.82 Å². The number of nitrogens with zero attached hydrogens (tertiary/aromatic N) is 1. The van der Waals surface area contributed by atoms with Crippen LogP contribution in [0.4, 0.5) is 0 Å². The van der Waals surface area contributed by atoms with Crippen LogP contribution in [0.5, 0.6) is 0 Å². The highest BCUT2D eigenvalue weighted by Gasteiger charge is 2.47. The molecule has 6 heteroatoms. The van der Waals surface area contributed by atoms with Crippen LogP contribution in [0.25, 0.3) is 0 Å². The summed E-state index contributed by atoms with van der Waals surface area (Å²) < 4.78 is 23.4. The maximum absolute atomic E-state index is 12.1. The topological polar surface area (TPSA) is 58.6 Å². The average Bonchev–Trinajstić information content (AvgIpc) is 3.01. The third kappa shape index (κ3) is 7.43. The van der Waals surface area contributed by atoms with E-state index in [1.807, 2.05) is 11.6 Å². The Morgan fingerprint density at radius 2 is 1.34 bits per heavy atom. The molecule has 0 amide bonds. The smallest absolute Gasteiger partial charge is 0.268 e. The maximum atomic E-state index is 12.1. The molecule has 2 aliphatic heterocycles. The molecule has 6 rings (SSSR count). The molecule has 4 aliphatic carbocycles. The van der Waals surface area contributed by atoms with Crippen molar-refractivity contribution in [3.63, 3.8) is 0 Å². The van der Waals surface area contributed by atoms with Crippen LogP contribution >= 0.6 is 7.82 Å². The Kier molecular flexibility index (Phi) is 9.96. The van der Waals surface area contributed by atoms with Gasteiger partial charge >= 0.3 is 0 Å². The molecular formula is C32H54NO4P. The second-order valence-corrected chi connectivity index (χ2v) is 15.4. The number of phosphoric acid groups is 1. The van der Waals surface area contributed by atoms with Crippen LogP contribution in [0.15, 0.2) is 23.3 Å². The molecule has 6 bridgehead atoms. The minimum Gasteiger partial charge on any atom is -0.756 e. The summed E-state index contributed by atoms with van der Waals surface area (Å²) in [6, 6.07) is 1.34. The second kappa shape index (κ2) is 13.0. The third-order valence-corrected chi connectivity index (χ3v) is 12.1. The van der Waals surface area contributed by atoms with Crippen molar-refractivity contribution in [2.75, 3.05) is 27.3 Å². The van der Waals surface area contributed by atoms with Gasteiger partial charge in [0, 0.05) is 25.7 Å². The Morgan fingerprint density at radius 3 is 1.95 bits per heavy atom. The molecule has 0 aromatic carbocycles. The number of hydrogen-bond acceptors (Lipinski definition) is 4. The molecule has 5 nitrogen and oxygen atoms in total. The van der Waals surface area contributed by atoms with Crippen molar-refractivity contribution in [3.8, 4) is 0 Å². The largest absolute Gasteiger partial charge is 0.756 e. The van der Waals surface area contributed by atoms with E-state index in [4.69, 9.17) is 9.05 Å². The van der Waals surface area contributed by atoms with Crippen LogP contribution < -0.4 is 4.89 Å². The normalized spacial score (nSPS) is 35.7. The van der Waals surface area contributed by atoms with Crippen LogP contribution in [0, 0.1) is 23.7 Å². The zero-order valence-corrected chi connectivity index (χ0v) is 25.2. The average molecular weight is 548 g/mol. The zero-order chi connectivity index (χ0) is 26.6. The monoisotopic (exact) mass is 547 g/mol. The minimum absolute atomic E-state index is 0.113. The van der Waals surface area contributed by atoms with E-state index in [-0.39, 0.29) is 13.2 Å². The van der Waals surface area contributed by atoms with E-state index in [0.29, 0.717) is 12.1 Å². The molecule has 1 unspecified atom stereocenters. The predicted octanol–water partition coefficient (Wildman–Crippen LogP) is 7.71. The van der Waals surface area contributed by atoms with Crippen LogP contribution in [-0.4, -0.2) is 43.9 Å². The number of phosphoric ester groups is 1. The molecular weight excluding hydrogens is 493 g/mol. The summed E-state index contributed by atoms with van der Waals surface area (Å²) in [5.74, 6) is 4.05. The van der Waals surface area contributed by atoms with Gasteiger partial charge in [0.25, 0.3) is 7.82 Å². The van der Waals surface area contributed by atoms with E-state index in [1.165, 1.54) is 82.6 Å². The summed E-state index contributed by atoms with van der Waals surface area (Å²) in [4.78, 5) is 12.1. The summed E-state index contributed by atoms with van der Waals surface area (Å²) in [5, 5.41) is 0. The predicted molar refractivity (Wildman–Crippen MR) is 152 cm³/mol. The molecule has 6 aliphatic rings. The van der Waals surface area contributed by atoms with Crippen molar-refractivity contribution < 1.29 is 23.0 Å². The van der Waals surface area contributed by atoms with E-state index in [0.717, 1.165) is 60.3 Å². The van der Waals surface area contributed by atoms with Crippen molar-refractivity contribution in [2.45, 2.75) is 128 Å². The summed E-state index contributed by atoms with van der Waals surface area (Å²) in [5.41, 5.74) is 3.22.